The molecule has 0 spiro atoms. The molecule has 3 N–H and O–H groups in total. The second-order valence-electron chi connectivity index (χ2n) is 7.61. The van der Waals surface area contributed by atoms with Crippen LogP contribution in [-0.2, 0) is 23.6 Å². The van der Waals surface area contributed by atoms with Crippen molar-refractivity contribution in [3.8, 4) is 0 Å². The molecular formula is C21H34N4OS. The summed E-state index contributed by atoms with van der Waals surface area (Å²) in [6.07, 6.45) is 4.07. The zero-order valence-corrected chi connectivity index (χ0v) is 18.1. The van der Waals surface area contributed by atoms with E-state index in [4.69, 9.17) is 0 Å². The maximum Gasteiger partial charge on any atom is 0.191 e. The fraction of sp³-hybridized carbons (Fsp3) is 0.571. The van der Waals surface area contributed by atoms with Crippen molar-refractivity contribution in [1.82, 2.24) is 15.6 Å². The zero-order chi connectivity index (χ0) is 19.9. The molecule has 1 heterocycles. The molecule has 0 saturated heterocycles. The molecule has 0 aliphatic rings. The van der Waals surface area contributed by atoms with E-state index < -0.39 is 10.8 Å². The van der Waals surface area contributed by atoms with Gasteiger partial charge in [-0.25, -0.2) is 0 Å². The van der Waals surface area contributed by atoms with Crippen LogP contribution in [0.1, 0.15) is 45.7 Å². The number of H-pyrrole nitrogens is 1. The minimum absolute atomic E-state index is 0.187. The SMILES string of the molecule is CCNC(=NCCS(=O)C(C)(C)C)NCCc1c[nH]c2c(CC)cccc12. The number of hydrogen-bond acceptors (Lipinski definition) is 2. The molecule has 0 aliphatic heterocycles. The van der Waals surface area contributed by atoms with E-state index in [-0.39, 0.29) is 4.75 Å². The Bertz CT molecular complexity index is 789. The molecule has 0 fully saturated rings. The molecule has 1 unspecified atom stereocenters. The lowest BCUT2D eigenvalue weighted by Gasteiger charge is -2.17. The van der Waals surface area contributed by atoms with Gasteiger partial charge in [-0.2, -0.15) is 0 Å². The van der Waals surface area contributed by atoms with Crippen molar-refractivity contribution >= 4 is 27.7 Å². The quantitative estimate of drug-likeness (QED) is 0.478. The van der Waals surface area contributed by atoms with Gasteiger partial charge in [0.25, 0.3) is 0 Å². The summed E-state index contributed by atoms with van der Waals surface area (Å²) < 4.78 is 12.0. The van der Waals surface area contributed by atoms with E-state index in [9.17, 15) is 4.21 Å². The number of para-hydroxylation sites is 1. The van der Waals surface area contributed by atoms with Crippen molar-refractivity contribution in [2.45, 2.75) is 52.2 Å². The van der Waals surface area contributed by atoms with Gasteiger partial charge < -0.3 is 15.6 Å². The number of nitrogens with zero attached hydrogens (tertiary/aromatic N) is 1. The lowest BCUT2D eigenvalue weighted by atomic mass is 10.1. The Kier molecular flexibility index (Phi) is 7.90. The lowest BCUT2D eigenvalue weighted by molar-refractivity contribution is 0.648. The lowest BCUT2D eigenvalue weighted by Crippen LogP contribution is -2.38. The molecule has 6 heteroatoms. The Hall–Kier alpha value is -1.82. The highest BCUT2D eigenvalue weighted by Crippen LogP contribution is 2.22. The molecule has 0 bridgehead atoms. The van der Waals surface area contributed by atoms with Crippen LogP contribution in [0.5, 0.6) is 0 Å². The van der Waals surface area contributed by atoms with Crippen molar-refractivity contribution in [3.05, 3.63) is 35.5 Å². The van der Waals surface area contributed by atoms with Crippen LogP contribution in [0.2, 0.25) is 0 Å². The molecule has 2 aromatic rings. The number of aryl methyl sites for hydroxylation is 1. The number of rotatable bonds is 8. The summed E-state index contributed by atoms with van der Waals surface area (Å²) in [7, 11) is -0.874. The summed E-state index contributed by atoms with van der Waals surface area (Å²) in [6.45, 7) is 12.4. The second-order valence-corrected chi connectivity index (χ2v) is 9.93. The van der Waals surface area contributed by atoms with E-state index in [1.807, 2.05) is 20.8 Å². The summed E-state index contributed by atoms with van der Waals surface area (Å²) in [5.41, 5.74) is 3.92. The van der Waals surface area contributed by atoms with Gasteiger partial charge in [-0.3, -0.25) is 9.20 Å². The highest BCUT2D eigenvalue weighted by Gasteiger charge is 2.18. The number of aromatic nitrogens is 1. The smallest absolute Gasteiger partial charge is 0.191 e. The summed E-state index contributed by atoms with van der Waals surface area (Å²) in [5, 5.41) is 7.96. The van der Waals surface area contributed by atoms with E-state index in [1.54, 1.807) is 0 Å². The van der Waals surface area contributed by atoms with Crippen molar-refractivity contribution in [2.75, 3.05) is 25.4 Å². The number of fused-ring (bicyclic) bond motifs is 1. The maximum absolute atomic E-state index is 12.1. The van der Waals surface area contributed by atoms with E-state index in [0.29, 0.717) is 12.3 Å². The largest absolute Gasteiger partial charge is 0.361 e. The number of benzene rings is 1. The number of nitrogens with one attached hydrogen (secondary N) is 3. The summed E-state index contributed by atoms with van der Waals surface area (Å²) in [4.78, 5) is 7.99. The standard InChI is InChI=1S/C21H34N4OS/c1-6-16-9-8-10-18-17(15-25-19(16)18)11-12-23-20(22-7-2)24-13-14-27(26)21(3,4)5/h8-10,15,25H,6-7,11-14H2,1-5H3,(H2,22,23,24). The van der Waals surface area contributed by atoms with Crippen molar-refractivity contribution in [1.29, 1.82) is 0 Å². The highest BCUT2D eigenvalue weighted by atomic mass is 32.2. The molecule has 2 rings (SSSR count). The first-order chi connectivity index (χ1) is 12.9. The second kappa shape index (κ2) is 9.93. The van der Waals surface area contributed by atoms with Crippen LogP contribution in [0.25, 0.3) is 10.9 Å². The Morgan fingerprint density at radius 1 is 1.19 bits per heavy atom. The predicted octanol–water partition coefficient (Wildman–Crippen LogP) is 3.38. The summed E-state index contributed by atoms with van der Waals surface area (Å²) >= 11 is 0. The Morgan fingerprint density at radius 3 is 2.63 bits per heavy atom. The Morgan fingerprint density at radius 2 is 1.96 bits per heavy atom. The topological polar surface area (TPSA) is 69.3 Å². The maximum atomic E-state index is 12.1. The summed E-state index contributed by atoms with van der Waals surface area (Å²) in [5.74, 6) is 1.37. The van der Waals surface area contributed by atoms with Crippen molar-refractivity contribution < 1.29 is 4.21 Å². The van der Waals surface area contributed by atoms with E-state index in [0.717, 1.165) is 31.9 Å². The van der Waals surface area contributed by atoms with Crippen LogP contribution in [0.4, 0.5) is 0 Å². The number of aromatic amines is 1. The fourth-order valence-electron chi connectivity index (χ4n) is 2.98. The molecule has 0 radical (unpaired) electrons. The molecule has 150 valence electrons. The average Bonchev–Trinajstić information content (AvgIpc) is 3.04. The van der Waals surface area contributed by atoms with Crippen LogP contribution in [0.3, 0.4) is 0 Å². The first kappa shape index (κ1) is 21.5. The van der Waals surface area contributed by atoms with Crippen molar-refractivity contribution in [3.63, 3.8) is 0 Å². The number of hydrogen-bond donors (Lipinski definition) is 3. The minimum Gasteiger partial charge on any atom is -0.361 e. The van der Waals surface area contributed by atoms with Gasteiger partial charge >= 0.3 is 0 Å². The van der Waals surface area contributed by atoms with Gasteiger partial charge in [0.15, 0.2) is 5.96 Å². The Balaban J connectivity index is 1.93. The monoisotopic (exact) mass is 390 g/mol. The van der Waals surface area contributed by atoms with E-state index >= 15 is 0 Å². The third-order valence-electron chi connectivity index (χ3n) is 4.53. The van der Waals surface area contributed by atoms with Crippen LogP contribution < -0.4 is 10.6 Å². The van der Waals surface area contributed by atoms with Crippen LogP contribution in [0, 0.1) is 0 Å². The normalized spacial score (nSPS) is 13.7. The number of guanidine groups is 1. The molecule has 27 heavy (non-hydrogen) atoms. The van der Waals surface area contributed by atoms with Crippen LogP contribution >= 0.6 is 0 Å². The van der Waals surface area contributed by atoms with Gasteiger partial charge in [0, 0.05) is 51.5 Å². The molecule has 0 aliphatic carbocycles. The average molecular weight is 391 g/mol. The van der Waals surface area contributed by atoms with E-state index in [1.165, 1.54) is 22.0 Å². The van der Waals surface area contributed by atoms with E-state index in [2.05, 4.69) is 58.9 Å². The van der Waals surface area contributed by atoms with Gasteiger partial charge in [-0.1, -0.05) is 25.1 Å². The minimum atomic E-state index is -0.874. The molecule has 0 amide bonds. The highest BCUT2D eigenvalue weighted by molar-refractivity contribution is 7.86. The molecule has 1 atom stereocenters. The molecule has 1 aromatic carbocycles. The molecule has 5 nitrogen and oxygen atoms in total. The fourth-order valence-corrected chi connectivity index (χ4v) is 3.85. The molecule has 1 aromatic heterocycles. The Labute approximate surface area is 165 Å². The van der Waals surface area contributed by atoms with Gasteiger partial charge in [-0.15, -0.1) is 0 Å². The van der Waals surface area contributed by atoms with Crippen LogP contribution in [0.15, 0.2) is 29.4 Å². The first-order valence-corrected chi connectivity index (χ1v) is 11.2. The van der Waals surface area contributed by atoms with Crippen LogP contribution in [-0.4, -0.2) is 45.3 Å². The molecule has 0 saturated carbocycles. The summed E-state index contributed by atoms with van der Waals surface area (Å²) in [6, 6.07) is 6.49. The van der Waals surface area contributed by atoms with Crippen molar-refractivity contribution in [2.24, 2.45) is 4.99 Å². The first-order valence-electron chi connectivity index (χ1n) is 9.85. The molecular weight excluding hydrogens is 356 g/mol. The van der Waals surface area contributed by atoms with Gasteiger partial charge in [0.1, 0.15) is 0 Å². The third-order valence-corrected chi connectivity index (χ3v) is 6.45. The van der Waals surface area contributed by atoms with Gasteiger partial charge in [0.2, 0.25) is 0 Å². The predicted molar refractivity (Wildman–Crippen MR) is 118 cm³/mol. The third kappa shape index (κ3) is 6.09. The number of aliphatic imine (C=N–C) groups is 1. The van der Waals surface area contributed by atoms with Gasteiger partial charge in [0.05, 0.1) is 6.54 Å². The zero-order valence-electron chi connectivity index (χ0n) is 17.3. The van der Waals surface area contributed by atoms with Gasteiger partial charge in [-0.05, 0) is 51.7 Å².